The van der Waals surface area contributed by atoms with Crippen LogP contribution in [-0.2, 0) is 12.7 Å². The normalized spacial score (nSPS) is 11.2. The molecular weight excluding hydrogens is 269 g/mol. The third-order valence-electron chi connectivity index (χ3n) is 2.76. The number of methoxy groups -OCH3 is 1. The number of pyridine rings is 1. The molecule has 0 unspecified atom stereocenters. The molecule has 1 heterocycles. The molecule has 0 amide bonds. The molecule has 0 atom stereocenters. The van der Waals surface area contributed by atoms with E-state index in [2.05, 4.69) is 10.3 Å². The van der Waals surface area contributed by atoms with Crippen molar-refractivity contribution in [2.75, 3.05) is 12.4 Å². The maximum absolute atomic E-state index is 12.9. The quantitative estimate of drug-likeness (QED) is 0.928. The van der Waals surface area contributed by atoms with E-state index in [-0.39, 0.29) is 12.1 Å². The molecule has 0 aliphatic carbocycles. The van der Waals surface area contributed by atoms with E-state index in [9.17, 15) is 13.2 Å². The van der Waals surface area contributed by atoms with Gasteiger partial charge in [0.1, 0.15) is 0 Å². The third-order valence-corrected chi connectivity index (χ3v) is 2.76. The molecule has 1 N–H and O–H groups in total. The summed E-state index contributed by atoms with van der Waals surface area (Å²) in [7, 11) is 1.48. The number of ether oxygens (including phenoxy) is 1. The molecule has 6 heteroatoms. The highest BCUT2D eigenvalue weighted by Gasteiger charge is 2.32. The van der Waals surface area contributed by atoms with Gasteiger partial charge in [-0.25, -0.2) is 4.98 Å². The Morgan fingerprint density at radius 3 is 2.60 bits per heavy atom. The molecule has 0 fully saturated rings. The van der Waals surface area contributed by atoms with E-state index >= 15 is 0 Å². The molecule has 0 radical (unpaired) electrons. The predicted molar refractivity (Wildman–Crippen MR) is 69.6 cm³/mol. The molecule has 0 saturated heterocycles. The second-order valence-corrected chi connectivity index (χ2v) is 4.06. The zero-order chi connectivity index (χ0) is 14.6. The highest BCUT2D eigenvalue weighted by Crippen LogP contribution is 2.32. The second kappa shape index (κ2) is 5.81. The molecule has 0 spiro atoms. The number of benzene rings is 1. The minimum atomic E-state index is -4.37. The van der Waals surface area contributed by atoms with Gasteiger partial charge >= 0.3 is 6.18 Å². The van der Waals surface area contributed by atoms with Crippen molar-refractivity contribution in [3.63, 3.8) is 0 Å². The van der Waals surface area contributed by atoms with Gasteiger partial charge in [0.15, 0.2) is 11.6 Å². The van der Waals surface area contributed by atoms with Crippen molar-refractivity contribution in [1.82, 2.24) is 4.98 Å². The number of nitrogens with one attached hydrogen (secondary N) is 1. The van der Waals surface area contributed by atoms with Crippen LogP contribution >= 0.6 is 0 Å². The average Bonchev–Trinajstić information content (AvgIpc) is 2.44. The van der Waals surface area contributed by atoms with Crippen LogP contribution in [0.15, 0.2) is 42.6 Å². The number of hydrogen-bond acceptors (Lipinski definition) is 3. The fourth-order valence-corrected chi connectivity index (χ4v) is 1.82. The van der Waals surface area contributed by atoms with E-state index in [0.29, 0.717) is 11.6 Å². The van der Waals surface area contributed by atoms with Crippen LogP contribution in [0.3, 0.4) is 0 Å². The lowest BCUT2D eigenvalue weighted by molar-refractivity contribution is -0.138. The van der Waals surface area contributed by atoms with Crippen LogP contribution in [0.5, 0.6) is 5.75 Å². The first-order valence-corrected chi connectivity index (χ1v) is 5.90. The summed E-state index contributed by atoms with van der Waals surface area (Å²) < 4.78 is 43.6. The second-order valence-electron chi connectivity index (χ2n) is 4.06. The van der Waals surface area contributed by atoms with Gasteiger partial charge in [0, 0.05) is 12.7 Å². The van der Waals surface area contributed by atoms with Crippen molar-refractivity contribution in [2.45, 2.75) is 12.7 Å². The number of halogens is 3. The van der Waals surface area contributed by atoms with Crippen LogP contribution < -0.4 is 10.1 Å². The minimum Gasteiger partial charge on any atom is -0.493 e. The molecule has 0 aliphatic rings. The van der Waals surface area contributed by atoms with E-state index in [1.54, 1.807) is 24.4 Å². The van der Waals surface area contributed by atoms with Gasteiger partial charge < -0.3 is 10.1 Å². The largest absolute Gasteiger partial charge is 0.493 e. The summed E-state index contributed by atoms with van der Waals surface area (Å²) in [5.74, 6) is 0.893. The van der Waals surface area contributed by atoms with Gasteiger partial charge in [-0.3, -0.25) is 0 Å². The third kappa shape index (κ3) is 3.20. The Morgan fingerprint density at radius 1 is 1.15 bits per heavy atom. The van der Waals surface area contributed by atoms with Crippen molar-refractivity contribution in [3.05, 3.63) is 53.7 Å². The average molecular weight is 282 g/mol. The summed E-state index contributed by atoms with van der Waals surface area (Å²) in [6.45, 7) is 0.0169. The molecule has 3 nitrogen and oxygen atoms in total. The number of aromatic nitrogens is 1. The van der Waals surface area contributed by atoms with Crippen molar-refractivity contribution in [3.8, 4) is 5.75 Å². The van der Waals surface area contributed by atoms with E-state index in [0.717, 1.165) is 6.07 Å². The number of nitrogens with zero attached hydrogens (tertiary/aromatic N) is 1. The summed E-state index contributed by atoms with van der Waals surface area (Å²) in [6.07, 6.45) is -2.83. The Morgan fingerprint density at radius 2 is 1.90 bits per heavy atom. The Labute approximate surface area is 114 Å². The Bertz CT molecular complexity index is 585. The highest BCUT2D eigenvalue weighted by atomic mass is 19.4. The van der Waals surface area contributed by atoms with Crippen LogP contribution in [0.2, 0.25) is 0 Å². The topological polar surface area (TPSA) is 34.1 Å². The van der Waals surface area contributed by atoms with Crippen molar-refractivity contribution >= 4 is 5.82 Å². The molecule has 0 aliphatic heterocycles. The fourth-order valence-electron chi connectivity index (χ4n) is 1.82. The van der Waals surface area contributed by atoms with Gasteiger partial charge in [-0.2, -0.15) is 13.2 Å². The van der Waals surface area contributed by atoms with Crippen LogP contribution in [0.1, 0.15) is 11.1 Å². The van der Waals surface area contributed by atoms with Crippen LogP contribution in [0.4, 0.5) is 19.0 Å². The first kappa shape index (κ1) is 14.2. The summed E-state index contributed by atoms with van der Waals surface area (Å²) >= 11 is 0. The standard InChI is InChI=1S/C14H13F3N2O/c1-20-12-7-4-8-18-13(12)19-9-10-5-2-3-6-11(10)14(15,16)17/h2-8H,9H2,1H3,(H,18,19). The first-order valence-electron chi connectivity index (χ1n) is 5.90. The van der Waals surface area contributed by atoms with Gasteiger partial charge in [0.2, 0.25) is 0 Å². The first-order chi connectivity index (χ1) is 9.52. The molecule has 106 valence electrons. The Hall–Kier alpha value is -2.24. The molecule has 0 bridgehead atoms. The zero-order valence-electron chi connectivity index (χ0n) is 10.7. The van der Waals surface area contributed by atoms with E-state index in [4.69, 9.17) is 4.74 Å². The van der Waals surface area contributed by atoms with Crippen LogP contribution in [0.25, 0.3) is 0 Å². The maximum Gasteiger partial charge on any atom is 0.416 e. The van der Waals surface area contributed by atoms with Gasteiger partial charge in [-0.05, 0) is 23.8 Å². The van der Waals surface area contributed by atoms with Crippen molar-refractivity contribution in [1.29, 1.82) is 0 Å². The number of alkyl halides is 3. The smallest absolute Gasteiger partial charge is 0.416 e. The van der Waals surface area contributed by atoms with Crippen LogP contribution in [-0.4, -0.2) is 12.1 Å². The number of hydrogen-bond donors (Lipinski definition) is 1. The Balaban J connectivity index is 2.20. The van der Waals surface area contributed by atoms with E-state index in [1.165, 1.54) is 19.2 Å². The van der Waals surface area contributed by atoms with Gasteiger partial charge in [0.25, 0.3) is 0 Å². The number of anilines is 1. The van der Waals surface area contributed by atoms with Crippen molar-refractivity contribution < 1.29 is 17.9 Å². The lowest BCUT2D eigenvalue weighted by Gasteiger charge is -2.14. The van der Waals surface area contributed by atoms with E-state index < -0.39 is 11.7 Å². The molecule has 2 aromatic rings. The molecular formula is C14H13F3N2O. The summed E-state index contributed by atoms with van der Waals surface area (Å²) in [5.41, 5.74) is -0.491. The van der Waals surface area contributed by atoms with Gasteiger partial charge in [-0.1, -0.05) is 18.2 Å². The summed E-state index contributed by atoms with van der Waals surface area (Å²) in [5, 5.41) is 2.86. The van der Waals surface area contributed by atoms with Gasteiger partial charge in [0.05, 0.1) is 12.7 Å². The fraction of sp³-hybridized carbons (Fsp3) is 0.214. The monoisotopic (exact) mass is 282 g/mol. The molecule has 2 rings (SSSR count). The maximum atomic E-state index is 12.9. The van der Waals surface area contributed by atoms with Gasteiger partial charge in [-0.15, -0.1) is 0 Å². The summed E-state index contributed by atoms with van der Waals surface area (Å²) in [4.78, 5) is 4.04. The lowest BCUT2D eigenvalue weighted by Crippen LogP contribution is -2.12. The van der Waals surface area contributed by atoms with E-state index in [1.807, 2.05) is 0 Å². The minimum absolute atomic E-state index is 0.0169. The Kier molecular flexibility index (Phi) is 4.12. The molecule has 1 aromatic carbocycles. The molecule has 20 heavy (non-hydrogen) atoms. The summed E-state index contributed by atoms with van der Waals surface area (Å²) in [6, 6.07) is 8.81. The number of rotatable bonds is 4. The predicted octanol–water partition coefficient (Wildman–Crippen LogP) is 3.72. The SMILES string of the molecule is COc1cccnc1NCc1ccccc1C(F)(F)F. The van der Waals surface area contributed by atoms with Crippen molar-refractivity contribution in [2.24, 2.45) is 0 Å². The zero-order valence-corrected chi connectivity index (χ0v) is 10.7. The lowest BCUT2D eigenvalue weighted by atomic mass is 10.1. The molecule has 0 saturated carbocycles. The molecule has 1 aromatic heterocycles. The highest BCUT2D eigenvalue weighted by molar-refractivity contribution is 5.50. The van der Waals surface area contributed by atoms with Crippen LogP contribution in [0, 0.1) is 0 Å².